The maximum Gasteiger partial charge on any atom is 0.306 e. The van der Waals surface area contributed by atoms with E-state index in [0.29, 0.717) is 6.42 Å². The molecule has 0 N–H and O–H groups in total. The minimum atomic E-state index is -0.0863. The van der Waals surface area contributed by atoms with Gasteiger partial charge in [-0.15, -0.1) is 0 Å². The van der Waals surface area contributed by atoms with Crippen molar-refractivity contribution < 1.29 is 23.7 Å². The van der Waals surface area contributed by atoms with Gasteiger partial charge in [0.25, 0.3) is 0 Å². The van der Waals surface area contributed by atoms with Crippen molar-refractivity contribution in [3.63, 3.8) is 0 Å². The Labute approximate surface area is 131 Å². The number of hydrogen-bond acceptors (Lipinski definition) is 6. The average molecular weight is 311 g/mol. The van der Waals surface area contributed by atoms with E-state index in [4.69, 9.17) is 18.9 Å². The first kappa shape index (κ1) is 14.9. The number of morpholine rings is 1. The van der Waals surface area contributed by atoms with Crippen LogP contribution in [0.15, 0.2) is 0 Å². The van der Waals surface area contributed by atoms with E-state index in [1.807, 2.05) is 0 Å². The summed E-state index contributed by atoms with van der Waals surface area (Å²) in [4.78, 5) is 14.1. The quantitative estimate of drug-likeness (QED) is 0.723. The number of esters is 1. The van der Waals surface area contributed by atoms with Crippen molar-refractivity contribution in [3.05, 3.63) is 0 Å². The Morgan fingerprint density at radius 3 is 2.77 bits per heavy atom. The molecule has 3 heterocycles. The summed E-state index contributed by atoms with van der Waals surface area (Å²) in [6, 6.07) is 0.255. The van der Waals surface area contributed by atoms with E-state index in [2.05, 4.69) is 4.90 Å². The molecular weight excluding hydrogens is 286 g/mol. The number of rotatable bonds is 3. The van der Waals surface area contributed by atoms with Gasteiger partial charge in [-0.2, -0.15) is 0 Å². The van der Waals surface area contributed by atoms with Gasteiger partial charge in [0.1, 0.15) is 6.10 Å². The van der Waals surface area contributed by atoms with E-state index < -0.39 is 0 Å². The number of fused-ring (bicyclic) bond motifs is 1. The van der Waals surface area contributed by atoms with Gasteiger partial charge in [-0.25, -0.2) is 0 Å². The zero-order valence-corrected chi connectivity index (χ0v) is 12.9. The van der Waals surface area contributed by atoms with Gasteiger partial charge in [-0.3, -0.25) is 9.69 Å². The van der Waals surface area contributed by atoms with Crippen molar-refractivity contribution in [1.29, 1.82) is 0 Å². The highest BCUT2D eigenvalue weighted by molar-refractivity contribution is 5.72. The summed E-state index contributed by atoms with van der Waals surface area (Å²) in [6.45, 7) is 4.13. The lowest BCUT2D eigenvalue weighted by Crippen LogP contribution is -2.51. The Morgan fingerprint density at radius 2 is 2.00 bits per heavy atom. The van der Waals surface area contributed by atoms with Gasteiger partial charge in [0.05, 0.1) is 25.7 Å². The number of ether oxygens (including phenoxy) is 4. The summed E-state index contributed by atoms with van der Waals surface area (Å²) < 4.78 is 23.0. The smallest absolute Gasteiger partial charge is 0.306 e. The van der Waals surface area contributed by atoms with Crippen molar-refractivity contribution >= 4 is 5.97 Å². The molecule has 0 bridgehead atoms. The molecule has 3 saturated heterocycles. The Balaban J connectivity index is 1.47. The number of nitrogens with zero attached hydrogens (tertiary/aromatic N) is 1. The third-order valence-electron chi connectivity index (χ3n) is 5.38. The van der Waals surface area contributed by atoms with E-state index in [1.165, 1.54) is 6.42 Å². The first-order valence-corrected chi connectivity index (χ1v) is 8.59. The third kappa shape index (κ3) is 2.89. The molecule has 4 aliphatic rings. The molecule has 0 spiro atoms. The standard InChI is InChI=1S/C16H25NO5/c18-14-9-11-12(21-14)10-13(22-15-3-1-2-6-20-15)16(11)17-4-7-19-8-5-17/h11-13,15-16H,1-10H2/t11-,12-,13+,15?,16+/m1/s1. The van der Waals surface area contributed by atoms with Gasteiger partial charge < -0.3 is 18.9 Å². The lowest BCUT2D eigenvalue weighted by atomic mass is 9.97. The van der Waals surface area contributed by atoms with Gasteiger partial charge in [0, 0.05) is 38.1 Å². The second kappa shape index (κ2) is 6.43. The van der Waals surface area contributed by atoms with Crippen molar-refractivity contribution in [2.24, 2.45) is 5.92 Å². The second-order valence-electron chi connectivity index (χ2n) is 6.74. The van der Waals surface area contributed by atoms with Gasteiger partial charge in [0.15, 0.2) is 6.29 Å². The molecule has 6 nitrogen and oxygen atoms in total. The van der Waals surface area contributed by atoms with E-state index >= 15 is 0 Å². The molecule has 1 saturated carbocycles. The molecule has 4 fully saturated rings. The number of carbonyl (C=O) groups excluding carboxylic acids is 1. The minimum Gasteiger partial charge on any atom is -0.462 e. The minimum absolute atomic E-state index is 0.0222. The fraction of sp³-hybridized carbons (Fsp3) is 0.938. The second-order valence-corrected chi connectivity index (χ2v) is 6.74. The monoisotopic (exact) mass is 311 g/mol. The highest BCUT2D eigenvalue weighted by Crippen LogP contribution is 2.42. The molecule has 0 aromatic carbocycles. The van der Waals surface area contributed by atoms with Crippen LogP contribution in [0.25, 0.3) is 0 Å². The lowest BCUT2D eigenvalue weighted by Gasteiger charge is -2.38. The topological polar surface area (TPSA) is 57.2 Å². The molecule has 6 heteroatoms. The Morgan fingerprint density at radius 1 is 1.14 bits per heavy atom. The van der Waals surface area contributed by atoms with Gasteiger partial charge in [0.2, 0.25) is 0 Å². The first-order chi connectivity index (χ1) is 10.8. The van der Waals surface area contributed by atoms with Crippen LogP contribution in [0.2, 0.25) is 0 Å². The molecule has 3 aliphatic heterocycles. The molecule has 1 unspecified atom stereocenters. The average Bonchev–Trinajstić information content (AvgIpc) is 3.04. The van der Waals surface area contributed by atoms with E-state index in [0.717, 1.165) is 52.2 Å². The van der Waals surface area contributed by atoms with Crippen LogP contribution in [0.4, 0.5) is 0 Å². The molecule has 1 aliphatic carbocycles. The summed E-state index contributed by atoms with van der Waals surface area (Å²) in [7, 11) is 0. The zero-order chi connectivity index (χ0) is 14.9. The SMILES string of the molecule is O=C1C[C@H]2[C@H](N3CCOCC3)[C@@H](OC3CCCCO3)C[C@H]2O1. The number of hydrogen-bond donors (Lipinski definition) is 0. The molecule has 0 radical (unpaired) electrons. The third-order valence-corrected chi connectivity index (χ3v) is 5.38. The molecule has 124 valence electrons. The summed E-state index contributed by atoms with van der Waals surface area (Å²) in [5.41, 5.74) is 0. The molecule has 4 rings (SSSR count). The molecular formula is C16H25NO5. The first-order valence-electron chi connectivity index (χ1n) is 8.59. The Kier molecular flexibility index (Phi) is 4.35. The highest BCUT2D eigenvalue weighted by Gasteiger charge is 2.53. The normalized spacial score (nSPS) is 43.1. The van der Waals surface area contributed by atoms with Crippen molar-refractivity contribution in [2.75, 3.05) is 32.9 Å². The largest absolute Gasteiger partial charge is 0.462 e. The van der Waals surface area contributed by atoms with Crippen LogP contribution >= 0.6 is 0 Å². The highest BCUT2D eigenvalue weighted by atomic mass is 16.7. The molecule has 5 atom stereocenters. The summed E-state index contributed by atoms with van der Waals surface area (Å²) >= 11 is 0. The molecule has 0 aromatic rings. The fourth-order valence-corrected chi connectivity index (χ4v) is 4.37. The maximum atomic E-state index is 11.7. The predicted molar refractivity (Wildman–Crippen MR) is 77.2 cm³/mol. The van der Waals surface area contributed by atoms with E-state index in [9.17, 15) is 4.79 Å². The summed E-state index contributed by atoms with van der Waals surface area (Å²) in [6.07, 6.45) is 4.63. The molecule has 22 heavy (non-hydrogen) atoms. The molecule has 0 amide bonds. The van der Waals surface area contributed by atoms with Crippen molar-refractivity contribution in [2.45, 2.75) is 56.6 Å². The lowest BCUT2D eigenvalue weighted by molar-refractivity contribution is -0.201. The van der Waals surface area contributed by atoms with Crippen LogP contribution in [0.5, 0.6) is 0 Å². The zero-order valence-electron chi connectivity index (χ0n) is 12.9. The Bertz CT molecular complexity index is 405. The van der Waals surface area contributed by atoms with Crippen molar-refractivity contribution in [3.8, 4) is 0 Å². The van der Waals surface area contributed by atoms with Crippen molar-refractivity contribution in [1.82, 2.24) is 4.90 Å². The van der Waals surface area contributed by atoms with Gasteiger partial charge in [-0.05, 0) is 19.3 Å². The van der Waals surface area contributed by atoms with Gasteiger partial charge >= 0.3 is 5.97 Å². The fourth-order valence-electron chi connectivity index (χ4n) is 4.37. The van der Waals surface area contributed by atoms with Crippen LogP contribution < -0.4 is 0 Å². The summed E-state index contributed by atoms with van der Waals surface area (Å²) in [5.74, 6) is 0.208. The van der Waals surface area contributed by atoms with Crippen LogP contribution in [0, 0.1) is 5.92 Å². The maximum absolute atomic E-state index is 11.7. The van der Waals surface area contributed by atoms with Crippen LogP contribution in [0.3, 0.4) is 0 Å². The van der Waals surface area contributed by atoms with E-state index in [1.54, 1.807) is 0 Å². The van der Waals surface area contributed by atoms with Crippen LogP contribution in [-0.2, 0) is 23.7 Å². The van der Waals surface area contributed by atoms with Crippen LogP contribution in [0.1, 0.15) is 32.1 Å². The Hall–Kier alpha value is -0.690. The van der Waals surface area contributed by atoms with Crippen LogP contribution in [-0.4, -0.2) is 68.3 Å². The molecule has 0 aromatic heterocycles. The van der Waals surface area contributed by atoms with E-state index in [-0.39, 0.29) is 36.4 Å². The number of carbonyl (C=O) groups is 1. The predicted octanol–water partition coefficient (Wildman–Crippen LogP) is 0.934. The summed E-state index contributed by atoms with van der Waals surface area (Å²) in [5, 5.41) is 0. The van der Waals surface area contributed by atoms with Gasteiger partial charge in [-0.1, -0.05) is 0 Å².